The van der Waals surface area contributed by atoms with E-state index in [0.717, 1.165) is 11.1 Å². The molecular formula is C24H20N2O3. The number of carbonyl (C=O) groups is 2. The van der Waals surface area contributed by atoms with Gasteiger partial charge in [-0.05, 0) is 24.6 Å². The van der Waals surface area contributed by atoms with E-state index in [9.17, 15) is 14.7 Å². The van der Waals surface area contributed by atoms with E-state index in [1.807, 2.05) is 79.7 Å². The molecule has 1 atom stereocenters. The lowest BCUT2D eigenvalue weighted by molar-refractivity contribution is -0.139. The van der Waals surface area contributed by atoms with Crippen LogP contribution in [0, 0.1) is 6.92 Å². The summed E-state index contributed by atoms with van der Waals surface area (Å²) < 4.78 is 0. The Kier molecular flexibility index (Phi) is 4.96. The van der Waals surface area contributed by atoms with Gasteiger partial charge in [-0.3, -0.25) is 4.79 Å². The molecule has 4 rings (SSSR count). The van der Waals surface area contributed by atoms with Gasteiger partial charge < -0.3 is 10.4 Å². The molecule has 0 aliphatic heterocycles. The Balaban J connectivity index is 1.74. The number of amides is 1. The maximum atomic E-state index is 13.2. The lowest BCUT2D eigenvalue weighted by atomic mass is 10.00. The zero-order valence-corrected chi connectivity index (χ0v) is 15.9. The van der Waals surface area contributed by atoms with Gasteiger partial charge in [0.05, 0.1) is 16.6 Å². The number of carboxylic acids is 1. The van der Waals surface area contributed by atoms with Crippen molar-refractivity contribution in [2.45, 2.75) is 19.4 Å². The topological polar surface area (TPSA) is 79.3 Å². The second kappa shape index (κ2) is 7.72. The van der Waals surface area contributed by atoms with Crippen molar-refractivity contribution in [1.82, 2.24) is 10.3 Å². The first-order valence-electron chi connectivity index (χ1n) is 9.39. The first-order chi connectivity index (χ1) is 14.0. The van der Waals surface area contributed by atoms with E-state index in [0.29, 0.717) is 27.4 Å². The van der Waals surface area contributed by atoms with Gasteiger partial charge in [-0.1, -0.05) is 66.2 Å². The smallest absolute Gasteiger partial charge is 0.326 e. The number of hydrogen-bond acceptors (Lipinski definition) is 3. The predicted octanol–water partition coefficient (Wildman–Crippen LogP) is 4.12. The number of rotatable bonds is 5. The minimum atomic E-state index is -1.07. The van der Waals surface area contributed by atoms with Gasteiger partial charge in [0.25, 0.3) is 5.91 Å². The van der Waals surface area contributed by atoms with Crippen molar-refractivity contribution in [3.05, 3.63) is 89.5 Å². The molecule has 3 aromatic carbocycles. The number of para-hydroxylation sites is 2. The van der Waals surface area contributed by atoms with Gasteiger partial charge >= 0.3 is 5.97 Å². The first kappa shape index (κ1) is 18.6. The van der Waals surface area contributed by atoms with Crippen LogP contribution < -0.4 is 5.32 Å². The van der Waals surface area contributed by atoms with E-state index in [1.54, 1.807) is 0 Å². The number of aliphatic carboxylic acids is 1. The fourth-order valence-electron chi connectivity index (χ4n) is 3.59. The van der Waals surface area contributed by atoms with E-state index in [2.05, 4.69) is 10.3 Å². The number of carbonyl (C=O) groups excluding carboxylic acids is 1. The zero-order valence-electron chi connectivity index (χ0n) is 15.9. The van der Waals surface area contributed by atoms with Crippen molar-refractivity contribution in [1.29, 1.82) is 0 Å². The second-order valence-corrected chi connectivity index (χ2v) is 7.08. The molecule has 5 heteroatoms. The minimum absolute atomic E-state index is 0.212. The van der Waals surface area contributed by atoms with Crippen LogP contribution in [0.25, 0.3) is 21.8 Å². The van der Waals surface area contributed by atoms with Gasteiger partial charge in [0, 0.05) is 17.2 Å². The number of benzene rings is 3. The van der Waals surface area contributed by atoms with Gasteiger partial charge in [0.2, 0.25) is 0 Å². The Morgan fingerprint density at radius 3 is 2.14 bits per heavy atom. The third-order valence-corrected chi connectivity index (χ3v) is 4.94. The molecule has 1 amide bonds. The zero-order chi connectivity index (χ0) is 20.4. The highest BCUT2D eigenvalue weighted by atomic mass is 16.4. The van der Waals surface area contributed by atoms with E-state index in [-0.39, 0.29) is 6.42 Å². The Morgan fingerprint density at radius 1 is 0.931 bits per heavy atom. The van der Waals surface area contributed by atoms with Gasteiger partial charge in [-0.15, -0.1) is 0 Å². The molecule has 144 valence electrons. The summed E-state index contributed by atoms with van der Waals surface area (Å²) in [6.45, 7) is 1.95. The maximum absolute atomic E-state index is 13.2. The molecule has 0 saturated carbocycles. The molecule has 1 heterocycles. The molecule has 0 fully saturated rings. The van der Waals surface area contributed by atoms with Crippen molar-refractivity contribution in [3.63, 3.8) is 0 Å². The van der Waals surface area contributed by atoms with Crippen LogP contribution in [0.3, 0.4) is 0 Å². The number of aryl methyl sites for hydroxylation is 1. The highest BCUT2D eigenvalue weighted by Crippen LogP contribution is 2.26. The lowest BCUT2D eigenvalue weighted by Gasteiger charge is -2.17. The molecule has 0 spiro atoms. The van der Waals surface area contributed by atoms with Crippen molar-refractivity contribution in [2.24, 2.45) is 0 Å². The second-order valence-electron chi connectivity index (χ2n) is 7.08. The number of nitrogens with zero attached hydrogens (tertiary/aromatic N) is 1. The highest BCUT2D eigenvalue weighted by molar-refractivity contribution is 6.16. The van der Waals surface area contributed by atoms with Crippen molar-refractivity contribution >= 4 is 33.7 Å². The lowest BCUT2D eigenvalue weighted by Crippen LogP contribution is -2.42. The molecule has 5 nitrogen and oxygen atoms in total. The molecule has 0 aliphatic rings. The summed E-state index contributed by atoms with van der Waals surface area (Å²) in [5.41, 5.74) is 3.75. The average molecular weight is 384 g/mol. The Labute approximate surface area is 168 Å². The molecule has 1 aromatic heterocycles. The van der Waals surface area contributed by atoms with E-state index in [1.165, 1.54) is 0 Å². The SMILES string of the molecule is Cc1cccc(C[C@H](NC(=O)c2c3ccccc3nc3ccccc23)C(=O)O)c1. The maximum Gasteiger partial charge on any atom is 0.326 e. The van der Waals surface area contributed by atoms with E-state index < -0.39 is 17.9 Å². The molecule has 0 unspecified atom stereocenters. The number of fused-ring (bicyclic) bond motifs is 2. The van der Waals surface area contributed by atoms with Crippen LogP contribution in [0.15, 0.2) is 72.8 Å². The monoisotopic (exact) mass is 384 g/mol. The van der Waals surface area contributed by atoms with Crippen LogP contribution in [-0.2, 0) is 11.2 Å². The Morgan fingerprint density at radius 2 is 1.55 bits per heavy atom. The largest absolute Gasteiger partial charge is 0.480 e. The number of carboxylic acid groups (broad SMARTS) is 1. The van der Waals surface area contributed by atoms with Gasteiger partial charge in [0.15, 0.2) is 0 Å². The molecule has 0 saturated heterocycles. The standard InChI is InChI=1S/C24H20N2O3/c1-15-7-6-8-16(13-15)14-21(24(28)29)26-23(27)22-17-9-2-4-11-19(17)25-20-12-5-3-10-18(20)22/h2-13,21H,14H2,1H3,(H,26,27)(H,28,29)/t21-/m0/s1. The summed E-state index contributed by atoms with van der Waals surface area (Å²) in [7, 11) is 0. The molecule has 0 radical (unpaired) electrons. The minimum Gasteiger partial charge on any atom is -0.480 e. The fourth-order valence-corrected chi connectivity index (χ4v) is 3.59. The van der Waals surface area contributed by atoms with Crippen LogP contribution in [0.4, 0.5) is 0 Å². The van der Waals surface area contributed by atoms with Crippen molar-refractivity contribution < 1.29 is 14.7 Å². The summed E-state index contributed by atoms with van der Waals surface area (Å²) in [6, 6.07) is 21.4. The number of pyridine rings is 1. The van der Waals surface area contributed by atoms with Crippen LogP contribution >= 0.6 is 0 Å². The van der Waals surface area contributed by atoms with Crippen LogP contribution in [0.1, 0.15) is 21.5 Å². The van der Waals surface area contributed by atoms with Gasteiger partial charge in [-0.25, -0.2) is 9.78 Å². The molecular weight excluding hydrogens is 364 g/mol. The van der Waals surface area contributed by atoms with Crippen molar-refractivity contribution in [2.75, 3.05) is 0 Å². The molecule has 4 aromatic rings. The Hall–Kier alpha value is -3.73. The van der Waals surface area contributed by atoms with E-state index in [4.69, 9.17) is 0 Å². The van der Waals surface area contributed by atoms with Gasteiger partial charge in [-0.2, -0.15) is 0 Å². The summed E-state index contributed by atoms with van der Waals surface area (Å²) in [6.07, 6.45) is 0.212. The molecule has 0 bridgehead atoms. The first-order valence-corrected chi connectivity index (χ1v) is 9.39. The van der Waals surface area contributed by atoms with Crippen LogP contribution in [-0.4, -0.2) is 28.0 Å². The van der Waals surface area contributed by atoms with Gasteiger partial charge in [0.1, 0.15) is 6.04 Å². The normalized spacial score (nSPS) is 12.0. The fraction of sp³-hybridized carbons (Fsp3) is 0.125. The third-order valence-electron chi connectivity index (χ3n) is 4.94. The van der Waals surface area contributed by atoms with Crippen molar-refractivity contribution in [3.8, 4) is 0 Å². The number of nitrogens with one attached hydrogen (secondary N) is 1. The summed E-state index contributed by atoms with van der Waals surface area (Å²) in [5.74, 6) is -1.48. The quantitative estimate of drug-likeness (QED) is 0.507. The third kappa shape index (κ3) is 3.80. The summed E-state index contributed by atoms with van der Waals surface area (Å²) in [4.78, 5) is 29.7. The highest BCUT2D eigenvalue weighted by Gasteiger charge is 2.24. The predicted molar refractivity (Wildman–Crippen MR) is 113 cm³/mol. The van der Waals surface area contributed by atoms with E-state index >= 15 is 0 Å². The number of hydrogen-bond donors (Lipinski definition) is 2. The molecule has 29 heavy (non-hydrogen) atoms. The Bertz CT molecular complexity index is 1180. The summed E-state index contributed by atoms with van der Waals surface area (Å²) >= 11 is 0. The average Bonchev–Trinajstić information content (AvgIpc) is 2.71. The van der Waals surface area contributed by atoms with Crippen LogP contribution in [0.5, 0.6) is 0 Å². The summed E-state index contributed by atoms with van der Waals surface area (Å²) in [5, 5.41) is 13.8. The van der Waals surface area contributed by atoms with Crippen LogP contribution in [0.2, 0.25) is 0 Å². The number of aromatic nitrogens is 1. The molecule has 0 aliphatic carbocycles. The molecule has 2 N–H and O–H groups in total.